The van der Waals surface area contributed by atoms with Gasteiger partial charge in [-0.1, -0.05) is 6.42 Å². The highest BCUT2D eigenvalue weighted by Crippen LogP contribution is 2.56. The molecule has 1 spiro atoms. The number of fused-ring (bicyclic) bond motifs is 4. The third-order valence-electron chi connectivity index (χ3n) is 6.62. The molecule has 0 saturated heterocycles. The summed E-state index contributed by atoms with van der Waals surface area (Å²) >= 11 is 0. The highest BCUT2D eigenvalue weighted by molar-refractivity contribution is 5.97. The van der Waals surface area contributed by atoms with E-state index in [0.717, 1.165) is 37.2 Å². The highest BCUT2D eigenvalue weighted by Gasteiger charge is 2.52. The van der Waals surface area contributed by atoms with Gasteiger partial charge in [0.15, 0.2) is 5.65 Å². The van der Waals surface area contributed by atoms with Gasteiger partial charge in [-0.25, -0.2) is 9.50 Å². The Labute approximate surface area is 205 Å². The molecule has 0 radical (unpaired) electrons. The van der Waals surface area contributed by atoms with Crippen LogP contribution in [0.3, 0.4) is 0 Å². The van der Waals surface area contributed by atoms with E-state index in [1.807, 2.05) is 0 Å². The fraction of sp³-hybridized carbons (Fsp3) is 0.478. The van der Waals surface area contributed by atoms with Gasteiger partial charge < -0.3 is 10.4 Å². The maximum absolute atomic E-state index is 13.8. The zero-order chi connectivity index (χ0) is 27.3. The molecule has 1 unspecified atom stereocenters. The molecule has 0 aromatic carbocycles. The molecule has 7 nitrogen and oxygen atoms in total. The van der Waals surface area contributed by atoms with E-state index in [2.05, 4.69) is 20.4 Å². The molecule has 3 heterocycles. The molecule has 1 atom stereocenters. The Bertz CT molecular complexity index is 1330. The number of carbonyl (C=O) groups is 1. The van der Waals surface area contributed by atoms with Crippen LogP contribution in [0.1, 0.15) is 68.0 Å². The van der Waals surface area contributed by atoms with Crippen molar-refractivity contribution in [3.05, 3.63) is 53.0 Å². The van der Waals surface area contributed by atoms with Crippen LogP contribution in [0.2, 0.25) is 0 Å². The lowest BCUT2D eigenvalue weighted by atomic mass is 9.66. The number of aromatic nitrogens is 4. The van der Waals surface area contributed by atoms with Crippen molar-refractivity contribution in [2.24, 2.45) is 0 Å². The fourth-order valence-corrected chi connectivity index (χ4v) is 5.05. The van der Waals surface area contributed by atoms with Crippen molar-refractivity contribution in [2.75, 3.05) is 5.32 Å². The molecule has 2 aliphatic carbocycles. The van der Waals surface area contributed by atoms with Gasteiger partial charge in [0.2, 0.25) is 11.9 Å². The molecule has 2 N–H and O–H groups in total. The topological polar surface area (TPSA) is 92.4 Å². The number of amides is 1. The van der Waals surface area contributed by atoms with E-state index >= 15 is 0 Å². The maximum atomic E-state index is 13.8. The second-order valence-corrected chi connectivity index (χ2v) is 9.60. The SMILES string of the molecule is CC(C)(O)c1ncc(NC(=O)C2CC3(CCC3)c3c2cnc2cc(F)nn32)cc1C(F)(F)F.FC(F)F. The number of hydrogen-bond acceptors (Lipinski definition) is 5. The van der Waals surface area contributed by atoms with E-state index in [1.54, 1.807) is 0 Å². The second-order valence-electron chi connectivity index (χ2n) is 9.60. The molecular weight excluding hydrogens is 511 g/mol. The smallest absolute Gasteiger partial charge is 0.384 e. The Morgan fingerprint density at radius 3 is 2.35 bits per heavy atom. The van der Waals surface area contributed by atoms with Crippen LogP contribution in [0.15, 0.2) is 24.5 Å². The number of anilines is 1. The molecule has 14 heteroatoms. The number of nitrogens with zero attached hydrogens (tertiary/aromatic N) is 4. The number of hydrogen-bond donors (Lipinski definition) is 2. The van der Waals surface area contributed by atoms with Gasteiger partial charge in [-0.2, -0.15) is 30.7 Å². The van der Waals surface area contributed by atoms with Crippen LogP contribution in [-0.4, -0.2) is 37.3 Å². The van der Waals surface area contributed by atoms with Crippen LogP contribution in [0, 0.1) is 5.95 Å². The number of pyridine rings is 1. The molecule has 1 fully saturated rings. The van der Waals surface area contributed by atoms with E-state index in [0.29, 0.717) is 17.6 Å². The third-order valence-corrected chi connectivity index (χ3v) is 6.62. The van der Waals surface area contributed by atoms with Crippen molar-refractivity contribution in [3.63, 3.8) is 0 Å². The van der Waals surface area contributed by atoms with Crippen molar-refractivity contribution in [1.29, 1.82) is 0 Å². The predicted octanol–water partition coefficient (Wildman–Crippen LogP) is 5.24. The van der Waals surface area contributed by atoms with Gasteiger partial charge in [0.1, 0.15) is 5.60 Å². The zero-order valence-electron chi connectivity index (χ0n) is 19.6. The summed E-state index contributed by atoms with van der Waals surface area (Å²) in [6.07, 6.45) is 0.879. The average molecular weight is 533 g/mol. The van der Waals surface area contributed by atoms with Crippen LogP contribution in [-0.2, 0) is 22.0 Å². The van der Waals surface area contributed by atoms with Crippen molar-refractivity contribution in [3.8, 4) is 0 Å². The Balaban J connectivity index is 0.000000747. The molecule has 37 heavy (non-hydrogen) atoms. The van der Waals surface area contributed by atoms with Crippen LogP contribution < -0.4 is 5.32 Å². The number of alkyl halides is 6. The summed E-state index contributed by atoms with van der Waals surface area (Å²) in [6.45, 7) is -1.25. The third kappa shape index (κ3) is 5.11. The molecule has 2 aliphatic rings. The lowest BCUT2D eigenvalue weighted by Crippen LogP contribution is -2.34. The van der Waals surface area contributed by atoms with Gasteiger partial charge >= 0.3 is 12.9 Å². The lowest BCUT2D eigenvalue weighted by molar-refractivity contribution is -0.140. The average Bonchev–Trinajstić information content (AvgIpc) is 3.29. The second kappa shape index (κ2) is 9.23. The van der Waals surface area contributed by atoms with Crippen LogP contribution >= 0.6 is 0 Å². The van der Waals surface area contributed by atoms with Crippen LogP contribution in [0.4, 0.5) is 36.4 Å². The molecule has 1 saturated carbocycles. The first-order valence-electron chi connectivity index (χ1n) is 11.2. The van der Waals surface area contributed by atoms with E-state index < -0.39 is 47.5 Å². The van der Waals surface area contributed by atoms with Crippen LogP contribution in [0.5, 0.6) is 0 Å². The van der Waals surface area contributed by atoms with Crippen molar-refractivity contribution in [1.82, 2.24) is 19.6 Å². The van der Waals surface area contributed by atoms with Gasteiger partial charge in [-0.05, 0) is 39.2 Å². The Morgan fingerprint density at radius 1 is 1.16 bits per heavy atom. The van der Waals surface area contributed by atoms with E-state index in [-0.39, 0.29) is 11.1 Å². The van der Waals surface area contributed by atoms with E-state index in [9.17, 15) is 40.6 Å². The largest absolute Gasteiger partial charge is 0.418 e. The fourth-order valence-electron chi connectivity index (χ4n) is 5.05. The number of rotatable bonds is 3. The van der Waals surface area contributed by atoms with E-state index in [1.165, 1.54) is 30.6 Å². The molecule has 0 bridgehead atoms. The predicted molar refractivity (Wildman–Crippen MR) is 116 cm³/mol. The molecular formula is C23H22F7N5O2. The van der Waals surface area contributed by atoms with Gasteiger partial charge in [0, 0.05) is 23.2 Å². The number of aliphatic hydroxyl groups is 1. The minimum atomic E-state index is -4.77. The van der Waals surface area contributed by atoms with Crippen molar-refractivity contribution in [2.45, 2.75) is 69.3 Å². The van der Waals surface area contributed by atoms with E-state index in [4.69, 9.17) is 0 Å². The molecule has 0 aliphatic heterocycles. The molecule has 5 rings (SSSR count). The minimum absolute atomic E-state index is 0.129. The number of halogens is 7. The summed E-state index contributed by atoms with van der Waals surface area (Å²) in [5.41, 5.74) is -2.24. The summed E-state index contributed by atoms with van der Waals surface area (Å²) in [7, 11) is 0. The highest BCUT2D eigenvalue weighted by atomic mass is 19.4. The monoisotopic (exact) mass is 533 g/mol. The Kier molecular flexibility index (Phi) is 6.67. The molecule has 1 amide bonds. The van der Waals surface area contributed by atoms with Gasteiger partial charge in [-0.15, -0.1) is 5.10 Å². The first kappa shape index (κ1) is 26.8. The minimum Gasteiger partial charge on any atom is -0.384 e. The lowest BCUT2D eigenvalue weighted by Gasteiger charge is -2.39. The first-order valence-corrected chi connectivity index (χ1v) is 11.2. The van der Waals surface area contributed by atoms with Gasteiger partial charge in [-0.3, -0.25) is 9.78 Å². The summed E-state index contributed by atoms with van der Waals surface area (Å²) in [5, 5.41) is 16.5. The molecule has 3 aromatic rings. The molecule has 200 valence electrons. The molecule has 3 aromatic heterocycles. The summed E-state index contributed by atoms with van der Waals surface area (Å²) in [4.78, 5) is 21.2. The first-order chi connectivity index (χ1) is 17.1. The standard InChI is InChI=1S/C22H21F4N5O2.CHF3/c1-20(2,33)17-14(22(24,25)26)6-11(9-28-17)29-19(32)12-8-21(4-3-5-21)18-13(12)10-27-16-7-15(23)30-31(16)18;2-1(3)4/h6-7,9-10,12,33H,3-5,8H2,1-2H3,(H,29,32);1H. The van der Waals surface area contributed by atoms with Crippen LogP contribution in [0.25, 0.3) is 5.65 Å². The zero-order valence-corrected chi connectivity index (χ0v) is 19.6. The Morgan fingerprint density at radius 2 is 1.81 bits per heavy atom. The maximum Gasteiger partial charge on any atom is 0.418 e. The summed E-state index contributed by atoms with van der Waals surface area (Å²) in [5.74, 6) is -1.84. The normalized spacial score (nSPS) is 18.4. The Hall–Kier alpha value is -3.29. The van der Waals surface area contributed by atoms with Crippen molar-refractivity contribution < 1.29 is 40.6 Å². The quantitative estimate of drug-likeness (QED) is 0.450. The summed E-state index contributed by atoms with van der Waals surface area (Å²) < 4.78 is 85.0. The summed E-state index contributed by atoms with van der Waals surface area (Å²) in [6, 6.07) is 1.99. The van der Waals surface area contributed by atoms with Gasteiger partial charge in [0.05, 0.1) is 34.8 Å². The van der Waals surface area contributed by atoms with Gasteiger partial charge in [0.25, 0.3) is 0 Å². The number of carbonyl (C=O) groups excluding carboxylic acids is 1. The number of nitrogens with one attached hydrogen (secondary N) is 1. The van der Waals surface area contributed by atoms with Crippen molar-refractivity contribution >= 4 is 17.2 Å².